The van der Waals surface area contributed by atoms with Gasteiger partial charge in [-0.3, -0.25) is 15.1 Å². The number of hydrogen-bond donors (Lipinski definition) is 3. The molecule has 1 unspecified atom stereocenters. The number of nitrogens with one attached hydrogen (secondary N) is 2. The lowest BCUT2D eigenvalue weighted by molar-refractivity contribution is -0.137. The molecule has 1 aliphatic rings. The molecule has 2 aromatic heterocycles. The number of alkyl halides is 3. The molecule has 7 nitrogen and oxygen atoms in total. The summed E-state index contributed by atoms with van der Waals surface area (Å²) >= 11 is 0. The highest BCUT2D eigenvalue weighted by Crippen LogP contribution is 2.36. The first-order valence-electron chi connectivity index (χ1n) is 11.2. The fourth-order valence-electron chi connectivity index (χ4n) is 3.25. The van der Waals surface area contributed by atoms with Gasteiger partial charge >= 0.3 is 6.18 Å². The van der Waals surface area contributed by atoms with Crippen LogP contribution < -0.4 is 10.9 Å². The highest BCUT2D eigenvalue weighted by atomic mass is 19.4. The van der Waals surface area contributed by atoms with E-state index in [1.165, 1.54) is 24.5 Å². The molecule has 0 aliphatic heterocycles. The first kappa shape index (κ1) is 24.6. The average Bonchev–Trinajstić information content (AvgIpc) is 3.65. The zero-order valence-electron chi connectivity index (χ0n) is 19.1. The van der Waals surface area contributed by atoms with Crippen molar-refractivity contribution in [1.82, 2.24) is 25.3 Å². The lowest BCUT2D eigenvalue weighted by atomic mass is 10.0. The number of hydrogen-bond acceptors (Lipinski definition) is 6. The number of aromatic amines is 1. The van der Waals surface area contributed by atoms with E-state index in [4.69, 9.17) is 0 Å². The Bertz CT molecular complexity index is 1320. The number of halogens is 3. The molecule has 3 N–H and O–H groups in total. The number of rotatable bonds is 6. The molecule has 182 valence electrons. The number of aliphatic hydroxyl groups is 1. The molecule has 2 heterocycles. The predicted molar refractivity (Wildman–Crippen MR) is 124 cm³/mol. The molecule has 0 amide bonds. The molecule has 1 aromatic carbocycles. The van der Waals surface area contributed by atoms with Crippen LogP contribution in [0.2, 0.25) is 0 Å². The Morgan fingerprint density at radius 2 is 1.94 bits per heavy atom. The van der Waals surface area contributed by atoms with E-state index < -0.39 is 23.5 Å². The summed E-state index contributed by atoms with van der Waals surface area (Å²) in [4.78, 5) is 27.5. The van der Waals surface area contributed by atoms with Gasteiger partial charge in [0, 0.05) is 24.1 Å². The third-order valence-electron chi connectivity index (χ3n) is 5.43. The summed E-state index contributed by atoms with van der Waals surface area (Å²) in [5, 5.41) is 12.8. The molecule has 1 atom stereocenters. The van der Waals surface area contributed by atoms with Crippen molar-refractivity contribution >= 4 is 0 Å². The van der Waals surface area contributed by atoms with E-state index in [1.807, 2.05) is 13.8 Å². The molecular weight excluding hydrogens is 459 g/mol. The average molecular weight is 483 g/mol. The largest absolute Gasteiger partial charge is 0.417 e. The summed E-state index contributed by atoms with van der Waals surface area (Å²) in [5.41, 5.74) is -0.577. The van der Waals surface area contributed by atoms with Crippen LogP contribution in [0.5, 0.6) is 0 Å². The Kier molecular flexibility index (Phi) is 7.00. The normalized spacial score (nSPS) is 14.5. The second kappa shape index (κ2) is 9.98. The van der Waals surface area contributed by atoms with Crippen molar-refractivity contribution in [1.29, 1.82) is 0 Å². The van der Waals surface area contributed by atoms with E-state index in [0.29, 0.717) is 17.2 Å². The first-order valence-corrected chi connectivity index (χ1v) is 11.2. The third kappa shape index (κ3) is 6.32. The van der Waals surface area contributed by atoms with Gasteiger partial charge in [0.25, 0.3) is 5.56 Å². The maximum Gasteiger partial charge on any atom is 0.417 e. The van der Waals surface area contributed by atoms with E-state index in [0.717, 1.165) is 25.0 Å². The molecule has 1 aliphatic carbocycles. The smallest absolute Gasteiger partial charge is 0.378 e. The number of H-pyrrole nitrogens is 1. The molecule has 0 spiro atoms. The van der Waals surface area contributed by atoms with Gasteiger partial charge in [-0.05, 0) is 42.4 Å². The van der Waals surface area contributed by atoms with Crippen molar-refractivity contribution in [3.8, 4) is 34.6 Å². The quantitative estimate of drug-likeness (QED) is 0.365. The van der Waals surface area contributed by atoms with Crippen molar-refractivity contribution in [2.45, 2.75) is 45.6 Å². The Hall–Kier alpha value is -3.55. The van der Waals surface area contributed by atoms with E-state index in [-0.39, 0.29) is 35.2 Å². The van der Waals surface area contributed by atoms with Crippen LogP contribution in [0.25, 0.3) is 22.8 Å². The van der Waals surface area contributed by atoms with Crippen molar-refractivity contribution in [2.24, 2.45) is 11.8 Å². The minimum atomic E-state index is -4.67. The number of benzene rings is 1. The summed E-state index contributed by atoms with van der Waals surface area (Å²) in [6.07, 6.45) is -0.505. The van der Waals surface area contributed by atoms with Gasteiger partial charge in [0.05, 0.1) is 23.7 Å². The van der Waals surface area contributed by atoms with Crippen LogP contribution in [0.1, 0.15) is 43.5 Å². The highest BCUT2D eigenvalue weighted by molar-refractivity contribution is 5.65. The second-order valence-corrected chi connectivity index (χ2v) is 8.76. The van der Waals surface area contributed by atoms with Crippen molar-refractivity contribution in [3.63, 3.8) is 0 Å². The van der Waals surface area contributed by atoms with Crippen LogP contribution in [0.4, 0.5) is 13.2 Å². The van der Waals surface area contributed by atoms with Crippen LogP contribution >= 0.6 is 0 Å². The summed E-state index contributed by atoms with van der Waals surface area (Å²) in [6, 6.07) is 4.71. The summed E-state index contributed by atoms with van der Waals surface area (Å²) in [5.74, 6) is 6.08. The monoisotopic (exact) mass is 483 g/mol. The molecule has 1 fully saturated rings. The van der Waals surface area contributed by atoms with Crippen LogP contribution in [0, 0.1) is 23.7 Å². The molecule has 0 saturated heterocycles. The number of aromatic nitrogens is 4. The predicted octanol–water partition coefficient (Wildman–Crippen LogP) is 3.74. The Morgan fingerprint density at radius 3 is 2.57 bits per heavy atom. The van der Waals surface area contributed by atoms with Gasteiger partial charge in [0.1, 0.15) is 23.4 Å². The second-order valence-electron chi connectivity index (χ2n) is 8.76. The Balaban J connectivity index is 1.70. The molecular formula is C25H24F3N5O2. The molecule has 0 bridgehead atoms. The maximum absolute atomic E-state index is 13.8. The van der Waals surface area contributed by atoms with E-state index in [1.54, 1.807) is 0 Å². The van der Waals surface area contributed by atoms with Crippen LogP contribution in [-0.2, 0) is 12.7 Å². The van der Waals surface area contributed by atoms with Gasteiger partial charge in [-0.2, -0.15) is 13.2 Å². The van der Waals surface area contributed by atoms with Gasteiger partial charge in [-0.15, -0.1) is 0 Å². The maximum atomic E-state index is 13.8. The lowest BCUT2D eigenvalue weighted by Crippen LogP contribution is -2.32. The molecule has 1 saturated carbocycles. The fourth-order valence-corrected chi connectivity index (χ4v) is 3.25. The van der Waals surface area contributed by atoms with Crippen LogP contribution in [0.15, 0.2) is 41.5 Å². The minimum Gasteiger partial charge on any atom is -0.378 e. The molecule has 4 rings (SSSR count). The van der Waals surface area contributed by atoms with Crippen molar-refractivity contribution < 1.29 is 18.3 Å². The number of aliphatic hydroxyl groups excluding tert-OH is 1. The zero-order chi connectivity index (χ0) is 25.2. The van der Waals surface area contributed by atoms with Gasteiger partial charge < -0.3 is 10.1 Å². The summed E-state index contributed by atoms with van der Waals surface area (Å²) in [6.45, 7) is 3.75. The van der Waals surface area contributed by atoms with E-state index >= 15 is 0 Å². The van der Waals surface area contributed by atoms with Gasteiger partial charge in [-0.1, -0.05) is 25.8 Å². The molecule has 3 aromatic rings. The molecule has 10 heteroatoms. The lowest BCUT2D eigenvalue weighted by Gasteiger charge is -2.18. The first-order chi connectivity index (χ1) is 16.6. The zero-order valence-corrected chi connectivity index (χ0v) is 19.1. The van der Waals surface area contributed by atoms with Gasteiger partial charge in [-0.25, -0.2) is 9.97 Å². The standard InChI is InChI=1S/C25H24F3N5O2/c1-14(2)24(35)31-11-16-6-8-19(25(26,27)28)18(9-16)23-32-20(10-22(34)33-23)21-13-29-17(12-30-21)7-5-15-3-4-15/h6,8-10,12-15,24,31,35H,3-4,11H2,1-2H3,(H,32,33,34). The highest BCUT2D eigenvalue weighted by Gasteiger charge is 2.34. The minimum absolute atomic E-state index is 0.0780. The van der Waals surface area contributed by atoms with Crippen LogP contribution in [-0.4, -0.2) is 31.3 Å². The number of nitrogens with zero attached hydrogens (tertiary/aromatic N) is 3. The summed E-state index contributed by atoms with van der Waals surface area (Å²) in [7, 11) is 0. The van der Waals surface area contributed by atoms with Gasteiger partial charge in [0.15, 0.2) is 0 Å². The fraction of sp³-hybridized carbons (Fsp3) is 0.360. The summed E-state index contributed by atoms with van der Waals surface area (Å²) < 4.78 is 41.3. The van der Waals surface area contributed by atoms with E-state index in [2.05, 4.69) is 37.1 Å². The molecule has 0 radical (unpaired) electrons. The van der Waals surface area contributed by atoms with Crippen molar-refractivity contribution in [2.75, 3.05) is 0 Å². The van der Waals surface area contributed by atoms with Crippen LogP contribution in [0.3, 0.4) is 0 Å². The van der Waals surface area contributed by atoms with E-state index in [9.17, 15) is 23.1 Å². The third-order valence-corrected chi connectivity index (χ3v) is 5.43. The topological polar surface area (TPSA) is 104 Å². The molecule has 35 heavy (non-hydrogen) atoms. The van der Waals surface area contributed by atoms with Gasteiger partial charge in [0.2, 0.25) is 0 Å². The SMILES string of the molecule is CC(C)C(O)NCc1ccc(C(F)(F)F)c(-c2nc(-c3cnc(C#CC4CC4)cn3)cc(=O)[nH]2)c1. The Labute approximate surface area is 199 Å². The Morgan fingerprint density at radius 1 is 1.17 bits per heavy atom. The van der Waals surface area contributed by atoms with Crippen molar-refractivity contribution in [3.05, 3.63) is 63.8 Å².